The predicted octanol–water partition coefficient (Wildman–Crippen LogP) is -0.487. The Morgan fingerprint density at radius 3 is 2.62 bits per heavy atom. The zero-order chi connectivity index (χ0) is 16.7. The highest BCUT2D eigenvalue weighted by Gasteiger charge is 2.44. The van der Waals surface area contributed by atoms with E-state index in [9.17, 15) is 14.4 Å². The largest absolute Gasteiger partial charge is 0.353 e. The van der Waals surface area contributed by atoms with Gasteiger partial charge in [-0.3, -0.25) is 19.3 Å². The van der Waals surface area contributed by atoms with Crippen molar-refractivity contribution in [2.24, 2.45) is 5.92 Å². The number of nitrogens with zero attached hydrogens (tertiary/aromatic N) is 1. The van der Waals surface area contributed by atoms with Gasteiger partial charge in [0, 0.05) is 43.6 Å². The molecule has 0 unspecified atom stereocenters. The predicted molar refractivity (Wildman–Crippen MR) is 87.0 cm³/mol. The van der Waals surface area contributed by atoms with Gasteiger partial charge in [0.2, 0.25) is 17.7 Å². The highest BCUT2D eigenvalue weighted by molar-refractivity contribution is 5.84. The molecular formula is C17H26N4O3. The summed E-state index contributed by atoms with van der Waals surface area (Å²) in [5, 5.41) is 9.08. The third-order valence-corrected chi connectivity index (χ3v) is 5.56. The summed E-state index contributed by atoms with van der Waals surface area (Å²) in [6.45, 7) is 1.31. The highest BCUT2D eigenvalue weighted by atomic mass is 16.2. The summed E-state index contributed by atoms with van der Waals surface area (Å²) in [7, 11) is 0. The molecule has 4 rings (SSSR count). The summed E-state index contributed by atoms with van der Waals surface area (Å²) >= 11 is 0. The molecule has 0 aromatic heterocycles. The number of carbonyl (C=O) groups excluding carboxylic acids is 3. The Balaban J connectivity index is 1.31. The zero-order valence-electron chi connectivity index (χ0n) is 13.9. The van der Waals surface area contributed by atoms with Crippen molar-refractivity contribution in [3.8, 4) is 0 Å². The first-order chi connectivity index (χ1) is 11.6. The summed E-state index contributed by atoms with van der Waals surface area (Å²) in [6.07, 6.45) is 6.10. The van der Waals surface area contributed by atoms with Gasteiger partial charge in [0.1, 0.15) is 0 Å². The van der Waals surface area contributed by atoms with E-state index in [0.29, 0.717) is 32.0 Å². The van der Waals surface area contributed by atoms with Crippen LogP contribution in [0.2, 0.25) is 0 Å². The molecule has 4 aliphatic rings. The van der Waals surface area contributed by atoms with E-state index < -0.39 is 0 Å². The van der Waals surface area contributed by atoms with Crippen molar-refractivity contribution < 1.29 is 14.4 Å². The second kappa shape index (κ2) is 6.35. The van der Waals surface area contributed by atoms with Gasteiger partial charge < -0.3 is 16.0 Å². The molecule has 0 aromatic carbocycles. The normalized spacial score (nSPS) is 32.8. The van der Waals surface area contributed by atoms with Crippen molar-refractivity contribution >= 4 is 17.7 Å². The molecule has 132 valence electrons. The van der Waals surface area contributed by atoms with E-state index in [1.54, 1.807) is 0 Å². The standard InChI is InChI=1S/C17H26N4O3/c22-15(19-11-3-4-11)6-5-13-8-18-17(24)14-7-12(9-21(13)14)20-16(23)10-1-2-10/h10-14H,1-9H2,(H,18,24)(H,19,22)(H,20,23)/t12-,13+,14-/m0/s1. The maximum absolute atomic E-state index is 12.1. The van der Waals surface area contributed by atoms with Gasteiger partial charge in [-0.25, -0.2) is 0 Å². The van der Waals surface area contributed by atoms with Gasteiger partial charge in [-0.2, -0.15) is 0 Å². The number of piperazine rings is 1. The number of hydrogen-bond donors (Lipinski definition) is 3. The lowest BCUT2D eigenvalue weighted by atomic mass is 10.0. The summed E-state index contributed by atoms with van der Waals surface area (Å²) in [6, 6.07) is 0.458. The number of hydrogen-bond acceptors (Lipinski definition) is 4. The molecule has 2 aliphatic carbocycles. The molecule has 24 heavy (non-hydrogen) atoms. The van der Waals surface area contributed by atoms with E-state index in [-0.39, 0.29) is 41.8 Å². The minimum Gasteiger partial charge on any atom is -0.353 e. The third kappa shape index (κ3) is 3.55. The van der Waals surface area contributed by atoms with Crippen molar-refractivity contribution in [3.05, 3.63) is 0 Å². The van der Waals surface area contributed by atoms with E-state index in [0.717, 1.165) is 32.1 Å². The second-order valence-corrected chi connectivity index (χ2v) is 7.71. The molecule has 2 aliphatic heterocycles. The first kappa shape index (κ1) is 15.9. The van der Waals surface area contributed by atoms with E-state index in [1.807, 2.05) is 0 Å². The average molecular weight is 334 g/mol. The maximum atomic E-state index is 12.1. The monoisotopic (exact) mass is 334 g/mol. The van der Waals surface area contributed by atoms with Crippen molar-refractivity contribution in [2.45, 2.75) is 69.1 Å². The molecule has 0 radical (unpaired) electrons. The second-order valence-electron chi connectivity index (χ2n) is 7.71. The lowest BCUT2D eigenvalue weighted by Gasteiger charge is -2.37. The molecule has 0 bridgehead atoms. The Morgan fingerprint density at radius 1 is 1.12 bits per heavy atom. The van der Waals surface area contributed by atoms with E-state index in [2.05, 4.69) is 20.9 Å². The van der Waals surface area contributed by atoms with Gasteiger partial charge in [0.05, 0.1) is 6.04 Å². The number of nitrogens with one attached hydrogen (secondary N) is 3. The van der Waals surface area contributed by atoms with Crippen LogP contribution in [0.15, 0.2) is 0 Å². The van der Waals surface area contributed by atoms with Gasteiger partial charge >= 0.3 is 0 Å². The van der Waals surface area contributed by atoms with E-state index >= 15 is 0 Å². The average Bonchev–Trinajstić information content (AvgIpc) is 3.46. The first-order valence-electron chi connectivity index (χ1n) is 9.23. The molecule has 0 spiro atoms. The van der Waals surface area contributed by atoms with Crippen LogP contribution in [-0.2, 0) is 14.4 Å². The van der Waals surface area contributed by atoms with Crippen molar-refractivity contribution in [1.82, 2.24) is 20.9 Å². The highest BCUT2D eigenvalue weighted by Crippen LogP contribution is 2.31. The molecule has 3 atom stereocenters. The molecular weight excluding hydrogens is 308 g/mol. The molecule has 7 heteroatoms. The fraction of sp³-hybridized carbons (Fsp3) is 0.824. The van der Waals surface area contributed by atoms with Crippen LogP contribution < -0.4 is 16.0 Å². The van der Waals surface area contributed by atoms with Crippen LogP contribution in [0.3, 0.4) is 0 Å². The molecule has 4 fully saturated rings. The quantitative estimate of drug-likeness (QED) is 0.611. The Morgan fingerprint density at radius 2 is 1.92 bits per heavy atom. The van der Waals surface area contributed by atoms with Gasteiger partial charge in [-0.05, 0) is 38.5 Å². The van der Waals surface area contributed by atoms with Crippen LogP contribution in [-0.4, -0.2) is 59.9 Å². The van der Waals surface area contributed by atoms with Crippen molar-refractivity contribution in [3.63, 3.8) is 0 Å². The Bertz CT molecular complexity index is 544. The minimum absolute atomic E-state index is 0.0507. The smallest absolute Gasteiger partial charge is 0.237 e. The van der Waals surface area contributed by atoms with Gasteiger partial charge in [0.25, 0.3) is 0 Å². The number of rotatable bonds is 6. The summed E-state index contributed by atoms with van der Waals surface area (Å²) in [4.78, 5) is 38.2. The summed E-state index contributed by atoms with van der Waals surface area (Å²) < 4.78 is 0. The van der Waals surface area contributed by atoms with Crippen LogP contribution in [0, 0.1) is 5.92 Å². The molecule has 2 saturated heterocycles. The Kier molecular flexibility index (Phi) is 4.20. The molecule has 2 saturated carbocycles. The van der Waals surface area contributed by atoms with E-state index in [1.165, 1.54) is 0 Å². The van der Waals surface area contributed by atoms with Crippen molar-refractivity contribution in [2.75, 3.05) is 13.1 Å². The topological polar surface area (TPSA) is 90.5 Å². The van der Waals surface area contributed by atoms with Gasteiger partial charge in [-0.15, -0.1) is 0 Å². The zero-order valence-corrected chi connectivity index (χ0v) is 13.9. The Labute approximate surface area is 141 Å². The number of carbonyl (C=O) groups is 3. The maximum Gasteiger partial charge on any atom is 0.237 e. The summed E-state index contributed by atoms with van der Waals surface area (Å²) in [5.41, 5.74) is 0. The lowest BCUT2D eigenvalue weighted by Crippen LogP contribution is -2.58. The molecule has 3 N–H and O–H groups in total. The van der Waals surface area contributed by atoms with Gasteiger partial charge in [-0.1, -0.05) is 0 Å². The minimum atomic E-state index is -0.167. The van der Waals surface area contributed by atoms with Crippen molar-refractivity contribution in [1.29, 1.82) is 0 Å². The lowest BCUT2D eigenvalue weighted by molar-refractivity contribution is -0.129. The van der Waals surface area contributed by atoms with E-state index in [4.69, 9.17) is 0 Å². The van der Waals surface area contributed by atoms with Crippen LogP contribution in [0.1, 0.15) is 44.9 Å². The number of amides is 3. The van der Waals surface area contributed by atoms with Crippen LogP contribution in [0.5, 0.6) is 0 Å². The van der Waals surface area contributed by atoms with Gasteiger partial charge in [0.15, 0.2) is 0 Å². The fourth-order valence-corrected chi connectivity index (χ4v) is 3.84. The third-order valence-electron chi connectivity index (χ3n) is 5.56. The van der Waals surface area contributed by atoms with Crippen LogP contribution in [0.4, 0.5) is 0 Å². The molecule has 0 aromatic rings. The molecule has 3 amide bonds. The van der Waals surface area contributed by atoms with Crippen LogP contribution >= 0.6 is 0 Å². The molecule has 7 nitrogen and oxygen atoms in total. The molecule has 2 heterocycles. The first-order valence-corrected chi connectivity index (χ1v) is 9.23. The summed E-state index contributed by atoms with van der Waals surface area (Å²) in [5.74, 6) is 0.500. The Hall–Kier alpha value is -1.63. The van der Waals surface area contributed by atoms with Crippen LogP contribution in [0.25, 0.3) is 0 Å². The number of fused-ring (bicyclic) bond motifs is 1. The fourth-order valence-electron chi connectivity index (χ4n) is 3.84. The SMILES string of the molecule is O=C(CC[C@@H]1CNC(=O)[C@@H]2C[C@H](NC(=O)C3CC3)CN12)NC1CC1.